The molecule has 28 heavy (non-hydrogen) atoms. The van der Waals surface area contributed by atoms with E-state index in [4.69, 9.17) is 4.74 Å². The number of hydrogen-bond donors (Lipinski definition) is 1. The van der Waals surface area contributed by atoms with Crippen molar-refractivity contribution >= 4 is 33.7 Å². The molecule has 0 atom stereocenters. The molecule has 3 heterocycles. The molecule has 1 N–H and O–H groups in total. The number of thiophene rings is 1. The summed E-state index contributed by atoms with van der Waals surface area (Å²) in [5, 5.41) is 9.39. The van der Waals surface area contributed by atoms with Gasteiger partial charge in [0, 0.05) is 17.1 Å². The maximum Gasteiger partial charge on any atom is 0.341 e. The first-order valence-corrected chi connectivity index (χ1v) is 9.65. The molecule has 0 aliphatic rings. The van der Waals surface area contributed by atoms with Gasteiger partial charge in [0.05, 0.1) is 12.1 Å². The van der Waals surface area contributed by atoms with E-state index < -0.39 is 5.97 Å². The molecule has 3 aromatic heterocycles. The van der Waals surface area contributed by atoms with E-state index in [9.17, 15) is 9.59 Å². The second-order valence-corrected chi connectivity index (χ2v) is 6.87. The van der Waals surface area contributed by atoms with E-state index in [1.165, 1.54) is 11.3 Å². The highest BCUT2D eigenvalue weighted by atomic mass is 32.1. The van der Waals surface area contributed by atoms with Crippen molar-refractivity contribution < 1.29 is 14.3 Å². The Bertz CT molecular complexity index is 1120. The molecule has 1 amide bonds. The van der Waals surface area contributed by atoms with Gasteiger partial charge in [-0.1, -0.05) is 36.4 Å². The zero-order chi connectivity index (χ0) is 19.5. The smallest absolute Gasteiger partial charge is 0.341 e. The number of esters is 1. The van der Waals surface area contributed by atoms with Gasteiger partial charge in [0.15, 0.2) is 5.69 Å². The van der Waals surface area contributed by atoms with Crippen LogP contribution in [0.3, 0.4) is 0 Å². The lowest BCUT2D eigenvalue weighted by Gasteiger charge is -2.08. The third kappa shape index (κ3) is 3.39. The molecule has 140 valence electrons. The van der Waals surface area contributed by atoms with Crippen LogP contribution in [0, 0.1) is 0 Å². The molecular formula is C21H17N3O3S. The summed E-state index contributed by atoms with van der Waals surface area (Å²) in [6.07, 6.45) is 1.77. The number of anilines is 1. The summed E-state index contributed by atoms with van der Waals surface area (Å²) in [6, 6.07) is 16.8. The van der Waals surface area contributed by atoms with Gasteiger partial charge in [0.1, 0.15) is 10.6 Å². The first kappa shape index (κ1) is 17.9. The molecular weight excluding hydrogens is 374 g/mol. The number of carbonyl (C=O) groups is 2. The summed E-state index contributed by atoms with van der Waals surface area (Å²) in [5.41, 5.74) is 3.06. The molecule has 0 saturated heterocycles. The highest BCUT2D eigenvalue weighted by molar-refractivity contribution is 7.15. The highest BCUT2D eigenvalue weighted by Gasteiger charge is 2.23. The Morgan fingerprint density at radius 2 is 1.93 bits per heavy atom. The van der Waals surface area contributed by atoms with Crippen LogP contribution in [0.25, 0.3) is 16.6 Å². The average Bonchev–Trinajstić information content (AvgIpc) is 3.33. The van der Waals surface area contributed by atoms with E-state index in [1.807, 2.05) is 53.9 Å². The standard InChI is InChI=1S/C21H17N3O3S/c1-2-27-21(26)18-16(14-8-4-3-5-9-14)13-28-20(18)22-19(25)17-12-15-10-6-7-11-24(15)23-17/h3-13H,2H2,1H3,(H,22,25). The Morgan fingerprint density at radius 1 is 1.14 bits per heavy atom. The van der Waals surface area contributed by atoms with Crippen molar-refractivity contribution in [2.45, 2.75) is 6.92 Å². The van der Waals surface area contributed by atoms with Crippen LogP contribution in [0.1, 0.15) is 27.8 Å². The summed E-state index contributed by atoms with van der Waals surface area (Å²) in [5.74, 6) is -0.844. The summed E-state index contributed by atoms with van der Waals surface area (Å²) in [6.45, 7) is 2.00. The largest absolute Gasteiger partial charge is 0.462 e. The van der Waals surface area contributed by atoms with Gasteiger partial charge in [-0.2, -0.15) is 5.10 Å². The average molecular weight is 391 g/mol. The molecule has 0 unspecified atom stereocenters. The number of pyridine rings is 1. The topological polar surface area (TPSA) is 72.7 Å². The number of benzene rings is 1. The monoisotopic (exact) mass is 391 g/mol. The van der Waals surface area contributed by atoms with E-state index >= 15 is 0 Å². The number of fused-ring (bicyclic) bond motifs is 1. The maximum absolute atomic E-state index is 12.7. The number of hydrogen-bond acceptors (Lipinski definition) is 5. The molecule has 0 bridgehead atoms. The molecule has 0 spiro atoms. The Labute approximate surface area is 165 Å². The number of nitrogens with zero attached hydrogens (tertiary/aromatic N) is 2. The molecule has 1 aromatic carbocycles. The third-order valence-electron chi connectivity index (χ3n) is 4.19. The van der Waals surface area contributed by atoms with Gasteiger partial charge >= 0.3 is 5.97 Å². The van der Waals surface area contributed by atoms with Crippen LogP contribution in [0.2, 0.25) is 0 Å². The number of nitrogens with one attached hydrogen (secondary N) is 1. The first-order chi connectivity index (χ1) is 13.7. The summed E-state index contributed by atoms with van der Waals surface area (Å²) in [7, 11) is 0. The minimum absolute atomic E-state index is 0.253. The van der Waals surface area contributed by atoms with Crippen LogP contribution >= 0.6 is 11.3 Å². The van der Waals surface area contributed by atoms with Gasteiger partial charge in [0.25, 0.3) is 5.91 Å². The molecule has 0 fully saturated rings. The molecule has 6 nitrogen and oxygen atoms in total. The molecule has 0 saturated carbocycles. The van der Waals surface area contributed by atoms with E-state index in [-0.39, 0.29) is 18.2 Å². The zero-order valence-electron chi connectivity index (χ0n) is 15.1. The fourth-order valence-electron chi connectivity index (χ4n) is 2.90. The predicted molar refractivity (Wildman–Crippen MR) is 109 cm³/mol. The van der Waals surface area contributed by atoms with E-state index in [0.29, 0.717) is 10.6 Å². The number of amides is 1. The van der Waals surface area contributed by atoms with E-state index in [2.05, 4.69) is 10.4 Å². The van der Waals surface area contributed by atoms with Crippen molar-refractivity contribution in [2.75, 3.05) is 11.9 Å². The number of aromatic nitrogens is 2. The van der Waals surface area contributed by atoms with E-state index in [1.54, 1.807) is 23.7 Å². The van der Waals surface area contributed by atoms with Gasteiger partial charge in [-0.3, -0.25) is 4.79 Å². The SMILES string of the molecule is CCOC(=O)c1c(-c2ccccc2)csc1NC(=O)c1cc2ccccn2n1. The van der Waals surface area contributed by atoms with Crippen LogP contribution < -0.4 is 5.32 Å². The minimum Gasteiger partial charge on any atom is -0.462 e. The van der Waals surface area contributed by atoms with Crippen molar-refractivity contribution in [1.29, 1.82) is 0 Å². The zero-order valence-corrected chi connectivity index (χ0v) is 15.9. The quantitative estimate of drug-likeness (QED) is 0.509. The van der Waals surface area contributed by atoms with E-state index in [0.717, 1.165) is 16.6 Å². The summed E-state index contributed by atoms with van der Waals surface area (Å²) >= 11 is 1.29. The van der Waals surface area contributed by atoms with Crippen LogP contribution in [-0.4, -0.2) is 28.1 Å². The number of carbonyl (C=O) groups excluding carboxylic acids is 2. The second kappa shape index (κ2) is 7.66. The molecule has 0 radical (unpaired) electrons. The Hall–Kier alpha value is -3.45. The summed E-state index contributed by atoms with van der Waals surface area (Å²) in [4.78, 5) is 25.3. The molecule has 4 rings (SSSR count). The fourth-order valence-corrected chi connectivity index (χ4v) is 3.85. The van der Waals surface area contributed by atoms with Gasteiger partial charge in [-0.15, -0.1) is 11.3 Å². The van der Waals surface area contributed by atoms with Crippen LogP contribution in [0.5, 0.6) is 0 Å². The Morgan fingerprint density at radius 3 is 2.68 bits per heavy atom. The lowest BCUT2D eigenvalue weighted by molar-refractivity contribution is 0.0529. The minimum atomic E-state index is -0.465. The molecule has 7 heteroatoms. The van der Waals surface area contributed by atoms with Crippen molar-refractivity contribution in [3.63, 3.8) is 0 Å². The third-order valence-corrected chi connectivity index (χ3v) is 5.08. The summed E-state index contributed by atoms with van der Waals surface area (Å²) < 4.78 is 6.85. The van der Waals surface area contributed by atoms with Crippen LogP contribution in [0.4, 0.5) is 5.00 Å². The van der Waals surface area contributed by atoms with Crippen molar-refractivity contribution in [1.82, 2.24) is 9.61 Å². The van der Waals surface area contributed by atoms with Gasteiger partial charge < -0.3 is 10.1 Å². The lowest BCUT2D eigenvalue weighted by atomic mass is 10.0. The van der Waals surface area contributed by atoms with Crippen LogP contribution in [0.15, 0.2) is 66.2 Å². The number of ether oxygens (including phenoxy) is 1. The lowest BCUT2D eigenvalue weighted by Crippen LogP contribution is -2.15. The predicted octanol–water partition coefficient (Wildman–Crippen LogP) is 4.49. The first-order valence-electron chi connectivity index (χ1n) is 8.77. The second-order valence-electron chi connectivity index (χ2n) is 5.99. The van der Waals surface area contributed by atoms with Crippen LogP contribution in [-0.2, 0) is 4.74 Å². The molecule has 4 aromatic rings. The van der Waals surface area contributed by atoms with Gasteiger partial charge in [0.2, 0.25) is 0 Å². The molecule has 0 aliphatic carbocycles. The normalized spacial score (nSPS) is 10.8. The Kier molecular flexibility index (Phi) is 4.90. The maximum atomic E-state index is 12.7. The van der Waals surface area contributed by atoms with Gasteiger partial charge in [-0.25, -0.2) is 9.31 Å². The molecule has 0 aliphatic heterocycles. The Balaban J connectivity index is 1.69. The highest BCUT2D eigenvalue weighted by Crippen LogP contribution is 2.36. The van der Waals surface area contributed by atoms with Crippen molar-refractivity contribution in [3.05, 3.63) is 77.4 Å². The number of rotatable bonds is 5. The van der Waals surface area contributed by atoms with Crippen molar-refractivity contribution in [3.8, 4) is 11.1 Å². The van der Waals surface area contributed by atoms with Crippen molar-refractivity contribution in [2.24, 2.45) is 0 Å². The van der Waals surface area contributed by atoms with Gasteiger partial charge in [-0.05, 0) is 30.7 Å². The fraction of sp³-hybridized carbons (Fsp3) is 0.0952.